The van der Waals surface area contributed by atoms with Crippen LogP contribution in [0.2, 0.25) is 0 Å². The van der Waals surface area contributed by atoms with Crippen LogP contribution in [-0.4, -0.2) is 9.85 Å². The van der Waals surface area contributed by atoms with Crippen LogP contribution in [0, 0.1) is 20.2 Å². The molecule has 0 saturated carbocycles. The fraction of sp³-hybridized carbons (Fsp3) is 0.231. The van der Waals surface area contributed by atoms with E-state index >= 15 is 0 Å². The highest BCUT2D eigenvalue weighted by molar-refractivity contribution is 5.68. The Morgan fingerprint density at radius 2 is 2.11 bits per heavy atom. The van der Waals surface area contributed by atoms with Gasteiger partial charge in [0.1, 0.15) is 0 Å². The Hall–Kier alpha value is -2.50. The van der Waals surface area contributed by atoms with Crippen molar-refractivity contribution in [3.63, 3.8) is 0 Å². The molecule has 19 heavy (non-hydrogen) atoms. The molecule has 0 spiro atoms. The first kappa shape index (κ1) is 12.9. The number of fused-ring (bicyclic) bond motifs is 1. The first-order valence-corrected chi connectivity index (χ1v) is 5.73. The van der Waals surface area contributed by atoms with Crippen LogP contribution >= 0.6 is 0 Å². The van der Waals surface area contributed by atoms with Gasteiger partial charge in [0.25, 0.3) is 11.2 Å². The molecular weight excluding hydrogens is 248 g/mol. The van der Waals surface area contributed by atoms with Crippen LogP contribution in [-0.2, 0) is 5.54 Å². The van der Waals surface area contributed by atoms with E-state index in [1.807, 2.05) is 0 Å². The molecule has 0 N–H and O–H groups in total. The highest BCUT2D eigenvalue weighted by atomic mass is 16.6. The lowest BCUT2D eigenvalue weighted by Gasteiger charge is -2.27. The number of nitrogens with zero attached hydrogens (tertiary/aromatic N) is 2. The van der Waals surface area contributed by atoms with Crippen LogP contribution in [0.4, 0.5) is 5.69 Å². The molecule has 0 bridgehead atoms. The number of nitro groups is 2. The molecule has 98 valence electrons. The molecule has 0 heterocycles. The zero-order valence-corrected chi connectivity index (χ0v) is 10.1. The first-order valence-electron chi connectivity index (χ1n) is 5.73. The Balaban J connectivity index is 2.71. The van der Waals surface area contributed by atoms with E-state index in [0.717, 1.165) is 0 Å². The predicted octanol–water partition coefficient (Wildman–Crippen LogP) is 3.06. The molecule has 1 aliphatic carbocycles. The van der Waals surface area contributed by atoms with Crippen LogP contribution in [0.5, 0.6) is 0 Å². The van der Waals surface area contributed by atoms with Crippen molar-refractivity contribution in [1.82, 2.24) is 0 Å². The van der Waals surface area contributed by atoms with E-state index in [1.165, 1.54) is 18.2 Å². The van der Waals surface area contributed by atoms with E-state index < -0.39 is 10.5 Å². The van der Waals surface area contributed by atoms with Crippen molar-refractivity contribution in [2.75, 3.05) is 0 Å². The second-order valence-electron chi connectivity index (χ2n) is 4.38. The van der Waals surface area contributed by atoms with E-state index in [2.05, 4.69) is 6.58 Å². The van der Waals surface area contributed by atoms with Gasteiger partial charge >= 0.3 is 0 Å². The van der Waals surface area contributed by atoms with Crippen LogP contribution in [0.3, 0.4) is 0 Å². The van der Waals surface area contributed by atoms with Crippen LogP contribution < -0.4 is 0 Å². The standard InChI is InChI=1S/C13H12N2O4/c1-2-8-13(15(18)19)9-4-5-10-11(13)6-3-7-12(10)14(16)17/h2-7H,1,8-9H2. The molecule has 6 nitrogen and oxygen atoms in total. The van der Waals surface area contributed by atoms with Gasteiger partial charge in [0.15, 0.2) is 0 Å². The molecule has 6 heteroatoms. The second kappa shape index (κ2) is 4.64. The van der Waals surface area contributed by atoms with Crippen molar-refractivity contribution in [2.45, 2.75) is 18.4 Å². The third-order valence-electron chi connectivity index (χ3n) is 3.35. The molecule has 1 aromatic carbocycles. The molecule has 0 fully saturated rings. The minimum absolute atomic E-state index is 0.108. The van der Waals surface area contributed by atoms with Gasteiger partial charge in [-0.25, -0.2) is 0 Å². The van der Waals surface area contributed by atoms with Crippen LogP contribution in [0.25, 0.3) is 6.08 Å². The summed E-state index contributed by atoms with van der Waals surface area (Å²) in [4.78, 5) is 21.6. The Labute approximate surface area is 109 Å². The molecule has 0 saturated heterocycles. The van der Waals surface area contributed by atoms with Gasteiger partial charge in [-0.1, -0.05) is 30.4 Å². The van der Waals surface area contributed by atoms with Crippen molar-refractivity contribution in [1.29, 1.82) is 0 Å². The molecule has 0 radical (unpaired) electrons. The number of nitro benzene ring substituents is 1. The van der Waals surface area contributed by atoms with Crippen molar-refractivity contribution >= 4 is 11.8 Å². The summed E-state index contributed by atoms with van der Waals surface area (Å²) < 4.78 is 0. The highest BCUT2D eigenvalue weighted by Gasteiger charge is 2.46. The Bertz CT molecular complexity index is 594. The highest BCUT2D eigenvalue weighted by Crippen LogP contribution is 2.42. The molecule has 1 aromatic rings. The summed E-state index contributed by atoms with van der Waals surface area (Å²) in [6, 6.07) is 4.42. The number of benzene rings is 1. The molecule has 1 aliphatic rings. The summed E-state index contributed by atoms with van der Waals surface area (Å²) in [7, 11) is 0. The van der Waals surface area contributed by atoms with Gasteiger partial charge in [-0.15, -0.1) is 6.58 Å². The average molecular weight is 260 g/mol. The minimum Gasteiger partial charge on any atom is -0.264 e. The summed E-state index contributed by atoms with van der Waals surface area (Å²) in [6.07, 6.45) is 5.02. The van der Waals surface area contributed by atoms with E-state index in [-0.39, 0.29) is 23.5 Å². The molecule has 0 amide bonds. The first-order chi connectivity index (χ1) is 9.03. The maximum atomic E-state index is 11.5. The van der Waals surface area contributed by atoms with Gasteiger partial charge in [-0.2, -0.15) is 0 Å². The topological polar surface area (TPSA) is 86.3 Å². The average Bonchev–Trinajstić information content (AvgIpc) is 2.38. The van der Waals surface area contributed by atoms with Crippen molar-refractivity contribution in [2.24, 2.45) is 0 Å². The van der Waals surface area contributed by atoms with Crippen molar-refractivity contribution in [3.05, 3.63) is 68.3 Å². The smallest absolute Gasteiger partial charge is 0.264 e. The fourth-order valence-corrected chi connectivity index (χ4v) is 2.45. The lowest BCUT2D eigenvalue weighted by molar-refractivity contribution is -0.578. The normalized spacial score (nSPS) is 20.6. The molecule has 0 aliphatic heterocycles. The van der Waals surface area contributed by atoms with Crippen molar-refractivity contribution < 1.29 is 9.85 Å². The fourth-order valence-electron chi connectivity index (χ4n) is 2.45. The lowest BCUT2D eigenvalue weighted by Crippen LogP contribution is -2.36. The third-order valence-corrected chi connectivity index (χ3v) is 3.35. The lowest BCUT2D eigenvalue weighted by atomic mass is 9.77. The van der Waals surface area contributed by atoms with Gasteiger partial charge in [0.2, 0.25) is 0 Å². The Kier molecular flexibility index (Phi) is 3.16. The summed E-state index contributed by atoms with van der Waals surface area (Å²) in [5.41, 5.74) is -0.757. The number of rotatable bonds is 4. The third kappa shape index (κ3) is 1.91. The largest absolute Gasteiger partial charge is 0.277 e. The zero-order valence-electron chi connectivity index (χ0n) is 10.1. The second-order valence-corrected chi connectivity index (χ2v) is 4.38. The zero-order chi connectivity index (χ0) is 14.0. The van der Waals surface area contributed by atoms with Gasteiger partial charge in [-0.05, 0) is 0 Å². The van der Waals surface area contributed by atoms with Gasteiger partial charge in [0, 0.05) is 29.4 Å². The molecule has 1 unspecified atom stereocenters. The minimum atomic E-state index is -1.35. The molecular formula is C13H12N2O4. The van der Waals surface area contributed by atoms with E-state index in [0.29, 0.717) is 11.1 Å². The van der Waals surface area contributed by atoms with E-state index in [4.69, 9.17) is 0 Å². The summed E-state index contributed by atoms with van der Waals surface area (Å²) in [5, 5.41) is 22.5. The van der Waals surface area contributed by atoms with Gasteiger partial charge in [-0.3, -0.25) is 20.2 Å². The van der Waals surface area contributed by atoms with Gasteiger partial charge < -0.3 is 0 Å². The Morgan fingerprint density at radius 3 is 2.68 bits per heavy atom. The quantitative estimate of drug-likeness (QED) is 0.473. The summed E-state index contributed by atoms with van der Waals surface area (Å²) in [5.74, 6) is 0. The summed E-state index contributed by atoms with van der Waals surface area (Å²) in [6.45, 7) is 3.55. The van der Waals surface area contributed by atoms with Gasteiger partial charge in [0.05, 0.1) is 10.5 Å². The van der Waals surface area contributed by atoms with Crippen LogP contribution in [0.1, 0.15) is 24.0 Å². The van der Waals surface area contributed by atoms with Crippen LogP contribution in [0.15, 0.2) is 36.9 Å². The maximum Gasteiger partial charge on any atom is 0.277 e. The number of hydrogen-bond acceptors (Lipinski definition) is 4. The monoisotopic (exact) mass is 260 g/mol. The SMILES string of the molecule is C=CCC1([N+](=O)[O-])CC=Cc2c([N+](=O)[O-])cccc21. The molecule has 2 rings (SSSR count). The van der Waals surface area contributed by atoms with E-state index in [9.17, 15) is 20.2 Å². The van der Waals surface area contributed by atoms with Crippen molar-refractivity contribution in [3.8, 4) is 0 Å². The molecule has 0 aromatic heterocycles. The van der Waals surface area contributed by atoms with E-state index in [1.54, 1.807) is 18.2 Å². The Morgan fingerprint density at radius 1 is 1.37 bits per heavy atom. The number of hydrogen-bond donors (Lipinski definition) is 0. The predicted molar refractivity (Wildman–Crippen MR) is 70.2 cm³/mol. The summed E-state index contributed by atoms with van der Waals surface area (Å²) >= 11 is 0. The molecule has 1 atom stereocenters. The maximum absolute atomic E-state index is 11.5.